The summed E-state index contributed by atoms with van der Waals surface area (Å²) in [6.45, 7) is 10.7. The van der Waals surface area contributed by atoms with E-state index in [0.717, 1.165) is 30.3 Å². The highest BCUT2D eigenvalue weighted by Gasteiger charge is 2.79. The second-order valence-corrected chi connectivity index (χ2v) is 12.2. The molecule has 3 saturated heterocycles. The van der Waals surface area contributed by atoms with E-state index in [9.17, 15) is 19.5 Å². The molecule has 3 fully saturated rings. The SMILES string of the molecule is C=CCCCOC(=O)[C@H]1[C@H]2C(=O)N(CCCCCCO)C(C(=O)N(CC=C)Cn3nnc4ccccc43)C23CC[C@]1(CC)O3. The number of para-hydroxylation sites is 1. The molecule has 0 radical (unpaired) electrons. The van der Waals surface area contributed by atoms with E-state index in [1.807, 2.05) is 31.2 Å². The fraction of sp³-hybridized carbons (Fsp3) is 0.606. The molecule has 1 aromatic heterocycles. The quantitative estimate of drug-likeness (QED) is 0.164. The number of carbonyl (C=O) groups is 3. The third-order valence-electron chi connectivity index (χ3n) is 9.66. The lowest BCUT2D eigenvalue weighted by molar-refractivity contribution is -0.162. The summed E-state index contributed by atoms with van der Waals surface area (Å²) in [7, 11) is 0. The highest BCUT2D eigenvalue weighted by Crippen LogP contribution is 2.64. The fourth-order valence-corrected chi connectivity index (χ4v) is 7.56. The van der Waals surface area contributed by atoms with E-state index in [2.05, 4.69) is 23.5 Å². The first-order valence-corrected chi connectivity index (χ1v) is 15.9. The number of benzene rings is 1. The summed E-state index contributed by atoms with van der Waals surface area (Å²) >= 11 is 0. The van der Waals surface area contributed by atoms with Crippen molar-refractivity contribution in [2.45, 2.75) is 88.6 Å². The molecular weight excluding hydrogens is 562 g/mol. The van der Waals surface area contributed by atoms with E-state index in [1.54, 1.807) is 26.6 Å². The second-order valence-electron chi connectivity index (χ2n) is 12.2. The molecule has 2 unspecified atom stereocenters. The van der Waals surface area contributed by atoms with Crippen molar-refractivity contribution in [1.29, 1.82) is 0 Å². The fourth-order valence-electron chi connectivity index (χ4n) is 7.56. The van der Waals surface area contributed by atoms with Crippen molar-refractivity contribution in [1.82, 2.24) is 24.8 Å². The van der Waals surface area contributed by atoms with Crippen molar-refractivity contribution in [3.05, 3.63) is 49.6 Å². The zero-order valence-corrected chi connectivity index (χ0v) is 25.7. The number of allylic oxidation sites excluding steroid dienone is 1. The van der Waals surface area contributed by atoms with E-state index in [-0.39, 0.29) is 38.2 Å². The van der Waals surface area contributed by atoms with Crippen LogP contribution in [-0.4, -0.2) is 91.2 Å². The molecule has 44 heavy (non-hydrogen) atoms. The van der Waals surface area contributed by atoms with Crippen molar-refractivity contribution in [3.8, 4) is 0 Å². The zero-order valence-electron chi connectivity index (χ0n) is 25.7. The van der Waals surface area contributed by atoms with E-state index < -0.39 is 35.0 Å². The smallest absolute Gasteiger partial charge is 0.312 e. The van der Waals surface area contributed by atoms with Crippen molar-refractivity contribution >= 4 is 28.8 Å². The maximum absolute atomic E-state index is 14.7. The van der Waals surface area contributed by atoms with Crippen LogP contribution in [0.3, 0.4) is 0 Å². The lowest BCUT2D eigenvalue weighted by atomic mass is 9.65. The number of carbonyl (C=O) groups excluding carboxylic acids is 3. The average Bonchev–Trinajstić information content (AvgIpc) is 3.76. The van der Waals surface area contributed by atoms with Crippen LogP contribution < -0.4 is 0 Å². The first-order chi connectivity index (χ1) is 21.4. The third kappa shape index (κ3) is 5.56. The van der Waals surface area contributed by atoms with Gasteiger partial charge in [0, 0.05) is 19.7 Å². The van der Waals surface area contributed by atoms with Crippen LogP contribution in [0.2, 0.25) is 0 Å². The van der Waals surface area contributed by atoms with Crippen LogP contribution in [-0.2, 0) is 30.5 Å². The van der Waals surface area contributed by atoms with Crippen molar-refractivity contribution in [2.75, 3.05) is 26.3 Å². The minimum atomic E-state index is -1.13. The van der Waals surface area contributed by atoms with Gasteiger partial charge in [-0.15, -0.1) is 18.3 Å². The summed E-state index contributed by atoms with van der Waals surface area (Å²) in [5.74, 6) is -2.49. The van der Waals surface area contributed by atoms with Crippen LogP contribution in [0, 0.1) is 11.8 Å². The third-order valence-corrected chi connectivity index (χ3v) is 9.66. The minimum absolute atomic E-state index is 0.117. The summed E-state index contributed by atoms with van der Waals surface area (Å²) in [6.07, 6.45) is 9.41. The van der Waals surface area contributed by atoms with Gasteiger partial charge in [-0.05, 0) is 57.1 Å². The number of aliphatic hydroxyl groups excluding tert-OH is 1. The maximum Gasteiger partial charge on any atom is 0.312 e. The molecule has 5 atom stereocenters. The van der Waals surface area contributed by atoms with E-state index in [1.165, 1.54) is 0 Å². The van der Waals surface area contributed by atoms with Crippen molar-refractivity contribution in [3.63, 3.8) is 0 Å². The molecule has 1 N–H and O–H groups in total. The van der Waals surface area contributed by atoms with Crippen LogP contribution >= 0.6 is 0 Å². The van der Waals surface area contributed by atoms with Crippen LogP contribution in [0.15, 0.2) is 49.6 Å². The van der Waals surface area contributed by atoms with Gasteiger partial charge in [-0.3, -0.25) is 14.4 Å². The number of hydrogen-bond acceptors (Lipinski definition) is 8. The maximum atomic E-state index is 14.7. The molecule has 5 rings (SSSR count). The lowest BCUT2D eigenvalue weighted by Crippen LogP contribution is -2.56. The summed E-state index contributed by atoms with van der Waals surface area (Å²) in [4.78, 5) is 46.1. The zero-order chi connectivity index (χ0) is 31.3. The number of rotatable bonds is 17. The minimum Gasteiger partial charge on any atom is -0.465 e. The number of nitrogens with zero attached hydrogens (tertiary/aromatic N) is 5. The highest BCUT2D eigenvalue weighted by atomic mass is 16.6. The van der Waals surface area contributed by atoms with Gasteiger partial charge in [0.15, 0.2) is 0 Å². The first kappa shape index (κ1) is 31.8. The summed E-state index contributed by atoms with van der Waals surface area (Å²) in [5.41, 5.74) is -0.484. The Morgan fingerprint density at radius 3 is 2.70 bits per heavy atom. The first-order valence-electron chi connectivity index (χ1n) is 15.9. The molecule has 3 aliphatic heterocycles. The van der Waals surface area contributed by atoms with E-state index >= 15 is 0 Å². The van der Waals surface area contributed by atoms with Gasteiger partial charge in [0.1, 0.15) is 29.7 Å². The second kappa shape index (κ2) is 13.6. The van der Waals surface area contributed by atoms with E-state index in [4.69, 9.17) is 9.47 Å². The molecule has 2 amide bonds. The van der Waals surface area contributed by atoms with Crippen LogP contribution in [0.25, 0.3) is 11.0 Å². The molecule has 11 nitrogen and oxygen atoms in total. The predicted octanol–water partition coefficient (Wildman–Crippen LogP) is 3.62. The van der Waals surface area contributed by atoms with Gasteiger partial charge in [0.25, 0.3) is 0 Å². The Balaban J connectivity index is 1.48. The van der Waals surface area contributed by atoms with E-state index in [0.29, 0.717) is 45.1 Å². The van der Waals surface area contributed by atoms with Gasteiger partial charge in [0.05, 0.1) is 23.6 Å². The van der Waals surface area contributed by atoms with Crippen molar-refractivity contribution in [2.24, 2.45) is 11.8 Å². The Bertz CT molecular complexity index is 1380. The van der Waals surface area contributed by atoms with Gasteiger partial charge in [-0.25, -0.2) is 4.68 Å². The van der Waals surface area contributed by atoms with Crippen LogP contribution in [0.1, 0.15) is 64.7 Å². The van der Waals surface area contributed by atoms with Gasteiger partial charge in [-0.1, -0.05) is 49.3 Å². The number of aliphatic hydroxyl groups is 1. The lowest BCUT2D eigenvalue weighted by Gasteiger charge is -2.36. The monoisotopic (exact) mass is 607 g/mol. The topological polar surface area (TPSA) is 127 Å². The molecule has 2 aromatic rings. The average molecular weight is 608 g/mol. The molecule has 1 spiro atoms. The number of unbranched alkanes of at least 4 members (excludes halogenated alkanes) is 4. The Morgan fingerprint density at radius 2 is 1.95 bits per heavy atom. The predicted molar refractivity (Wildman–Crippen MR) is 164 cm³/mol. The number of esters is 1. The molecule has 0 aliphatic carbocycles. The van der Waals surface area contributed by atoms with Gasteiger partial charge < -0.3 is 24.4 Å². The van der Waals surface area contributed by atoms with Crippen molar-refractivity contribution < 1.29 is 29.0 Å². The Kier molecular flexibility index (Phi) is 9.84. The molecule has 0 saturated carbocycles. The van der Waals surface area contributed by atoms with Crippen LogP contribution in [0.5, 0.6) is 0 Å². The molecule has 2 bridgehead atoms. The molecule has 3 aliphatic rings. The number of fused-ring (bicyclic) bond motifs is 2. The molecule has 11 heteroatoms. The summed E-state index contributed by atoms with van der Waals surface area (Å²) in [5, 5.41) is 17.7. The Hall–Kier alpha value is -3.57. The summed E-state index contributed by atoms with van der Waals surface area (Å²) in [6, 6.07) is 6.64. The highest BCUT2D eigenvalue weighted by molar-refractivity contribution is 5.98. The standard InChI is InChI=1S/C33H45N5O6/c1-4-7-14-22-43-31(42)27-26-29(40)37(20-12-8-9-13-21-39)28(33(26)18-17-32(27,6-3)44-33)30(41)36(19-5-2)23-38-25-16-11-10-15-24(25)34-35-38/h4-5,10-11,15-16,26-28,39H,1-2,6-9,12-14,17-23H2,3H3/t26-,27+,28?,32-,33?/m0/s1. The van der Waals surface area contributed by atoms with Crippen LogP contribution in [0.4, 0.5) is 0 Å². The van der Waals surface area contributed by atoms with Gasteiger partial charge in [-0.2, -0.15) is 0 Å². The molecule has 1 aromatic carbocycles. The number of amides is 2. The van der Waals surface area contributed by atoms with Gasteiger partial charge >= 0.3 is 5.97 Å². The number of aromatic nitrogens is 3. The van der Waals surface area contributed by atoms with Gasteiger partial charge in [0.2, 0.25) is 11.8 Å². The Morgan fingerprint density at radius 1 is 1.16 bits per heavy atom. The molecule has 238 valence electrons. The number of ether oxygens (including phenoxy) is 2. The summed E-state index contributed by atoms with van der Waals surface area (Å²) < 4.78 is 14.3. The largest absolute Gasteiger partial charge is 0.465 e. The normalized spacial score (nSPS) is 27.1. The number of hydrogen-bond donors (Lipinski definition) is 1. The Labute approximate surface area is 258 Å². The number of likely N-dealkylation sites (tertiary alicyclic amines) is 1. The molecular formula is C33H45N5O6. The molecule has 4 heterocycles.